The summed E-state index contributed by atoms with van der Waals surface area (Å²) >= 11 is 0. The largest absolute Gasteiger partial charge is 0.508 e. The molecule has 0 aliphatic carbocycles. The average molecular weight is 395 g/mol. The van der Waals surface area contributed by atoms with Crippen molar-refractivity contribution < 1.29 is 10.2 Å². The van der Waals surface area contributed by atoms with Gasteiger partial charge in [-0.2, -0.15) is 0 Å². The number of aryl methyl sites for hydroxylation is 2. The summed E-state index contributed by atoms with van der Waals surface area (Å²) in [6.07, 6.45) is 0. The molecular formula is C28H26O2. The van der Waals surface area contributed by atoms with Gasteiger partial charge in [-0.15, -0.1) is 0 Å². The molecule has 2 N–H and O–H groups in total. The number of phenols is 2. The molecule has 2 heteroatoms. The van der Waals surface area contributed by atoms with Crippen molar-refractivity contribution in [1.82, 2.24) is 0 Å². The van der Waals surface area contributed by atoms with Gasteiger partial charge in [0.15, 0.2) is 0 Å². The van der Waals surface area contributed by atoms with E-state index in [9.17, 15) is 10.2 Å². The molecule has 0 spiro atoms. The first-order chi connectivity index (χ1) is 14.4. The quantitative estimate of drug-likeness (QED) is 0.377. The molecule has 0 atom stereocenters. The van der Waals surface area contributed by atoms with Crippen LogP contribution in [0.15, 0.2) is 91.0 Å². The van der Waals surface area contributed by atoms with Crippen LogP contribution in [0.3, 0.4) is 0 Å². The Morgan fingerprint density at radius 1 is 0.533 bits per heavy atom. The first-order valence-electron chi connectivity index (χ1n) is 10.2. The summed E-state index contributed by atoms with van der Waals surface area (Å²) < 4.78 is 0. The highest BCUT2D eigenvalue weighted by Crippen LogP contribution is 2.41. The summed E-state index contributed by atoms with van der Waals surface area (Å²) in [6, 6.07) is 30.6. The van der Waals surface area contributed by atoms with E-state index in [0.29, 0.717) is 11.5 Å². The lowest BCUT2D eigenvalue weighted by Crippen LogP contribution is -2.25. The zero-order chi connectivity index (χ0) is 21.3. The van der Waals surface area contributed by atoms with Gasteiger partial charge in [0.2, 0.25) is 0 Å². The van der Waals surface area contributed by atoms with Crippen molar-refractivity contribution in [3.63, 3.8) is 0 Å². The Kier molecular flexibility index (Phi) is 5.09. The second-order valence-electron chi connectivity index (χ2n) is 8.07. The van der Waals surface area contributed by atoms with Crippen LogP contribution >= 0.6 is 0 Å². The summed E-state index contributed by atoms with van der Waals surface area (Å²) in [6.45, 7) is 6.03. The molecule has 4 aromatic rings. The number of phenolic OH excluding ortho intramolecular Hbond substituents is 2. The molecule has 30 heavy (non-hydrogen) atoms. The third kappa shape index (κ3) is 3.46. The van der Waals surface area contributed by atoms with E-state index in [0.717, 1.165) is 27.8 Å². The number of rotatable bonds is 4. The van der Waals surface area contributed by atoms with Gasteiger partial charge in [-0.3, -0.25) is 0 Å². The Morgan fingerprint density at radius 3 is 1.43 bits per heavy atom. The first-order valence-corrected chi connectivity index (χ1v) is 10.2. The smallest absolute Gasteiger partial charge is 0.118 e. The van der Waals surface area contributed by atoms with Crippen molar-refractivity contribution in [2.75, 3.05) is 0 Å². The van der Waals surface area contributed by atoms with E-state index in [1.807, 2.05) is 56.3 Å². The molecule has 4 aromatic carbocycles. The molecule has 0 aromatic heterocycles. The molecule has 0 unspecified atom stereocenters. The second-order valence-corrected chi connectivity index (χ2v) is 8.07. The van der Waals surface area contributed by atoms with E-state index in [4.69, 9.17) is 0 Å². The Morgan fingerprint density at radius 2 is 0.967 bits per heavy atom. The highest BCUT2D eigenvalue weighted by atomic mass is 16.3. The van der Waals surface area contributed by atoms with Gasteiger partial charge in [-0.25, -0.2) is 0 Å². The van der Waals surface area contributed by atoms with E-state index >= 15 is 0 Å². The van der Waals surface area contributed by atoms with E-state index < -0.39 is 5.41 Å². The first kappa shape index (κ1) is 19.8. The van der Waals surface area contributed by atoms with Crippen molar-refractivity contribution in [2.24, 2.45) is 0 Å². The normalized spacial score (nSPS) is 11.4. The van der Waals surface area contributed by atoms with Gasteiger partial charge < -0.3 is 10.2 Å². The van der Waals surface area contributed by atoms with Gasteiger partial charge in [-0.05, 0) is 71.8 Å². The molecule has 0 aliphatic heterocycles. The highest BCUT2D eigenvalue weighted by Gasteiger charge is 2.32. The predicted molar refractivity (Wildman–Crippen MR) is 123 cm³/mol. The van der Waals surface area contributed by atoms with Crippen LogP contribution in [0.2, 0.25) is 0 Å². The topological polar surface area (TPSA) is 40.5 Å². The SMILES string of the molecule is Cc1cc(C(C)(c2ccc(-c3ccccc3)cc2)c2ccc(O)c(C)c2)ccc1O. The summed E-state index contributed by atoms with van der Waals surface area (Å²) in [5.41, 5.74) is 6.94. The Labute approximate surface area is 178 Å². The van der Waals surface area contributed by atoms with Crippen LogP contribution in [-0.4, -0.2) is 10.2 Å². The summed E-state index contributed by atoms with van der Waals surface area (Å²) in [4.78, 5) is 0. The number of hydrogen-bond donors (Lipinski definition) is 2. The van der Waals surface area contributed by atoms with Crippen LogP contribution in [0.1, 0.15) is 34.7 Å². The van der Waals surface area contributed by atoms with Crippen molar-refractivity contribution in [2.45, 2.75) is 26.2 Å². The Hall–Kier alpha value is -3.52. The fourth-order valence-electron chi connectivity index (χ4n) is 4.06. The van der Waals surface area contributed by atoms with Crippen molar-refractivity contribution in [1.29, 1.82) is 0 Å². The minimum absolute atomic E-state index is 0.294. The molecule has 150 valence electrons. The second kappa shape index (κ2) is 7.72. The van der Waals surface area contributed by atoms with Crippen LogP contribution in [-0.2, 0) is 5.41 Å². The lowest BCUT2D eigenvalue weighted by Gasteiger charge is -2.33. The van der Waals surface area contributed by atoms with Gasteiger partial charge in [-0.1, -0.05) is 78.9 Å². The number of aromatic hydroxyl groups is 2. The van der Waals surface area contributed by atoms with E-state index in [2.05, 4.69) is 43.3 Å². The van der Waals surface area contributed by atoms with E-state index in [-0.39, 0.29) is 0 Å². The molecule has 0 amide bonds. The summed E-state index contributed by atoms with van der Waals surface area (Å²) in [5.74, 6) is 0.588. The van der Waals surface area contributed by atoms with Crippen LogP contribution < -0.4 is 0 Å². The maximum absolute atomic E-state index is 10.1. The zero-order valence-corrected chi connectivity index (χ0v) is 17.6. The molecule has 0 bridgehead atoms. The van der Waals surface area contributed by atoms with Crippen molar-refractivity contribution in [3.8, 4) is 22.6 Å². The third-order valence-corrected chi connectivity index (χ3v) is 6.12. The lowest BCUT2D eigenvalue weighted by molar-refractivity contribution is 0.470. The monoisotopic (exact) mass is 394 g/mol. The highest BCUT2D eigenvalue weighted by molar-refractivity contribution is 5.65. The van der Waals surface area contributed by atoms with Crippen LogP contribution in [0.25, 0.3) is 11.1 Å². The molecular weight excluding hydrogens is 368 g/mol. The maximum atomic E-state index is 10.1. The van der Waals surface area contributed by atoms with Crippen LogP contribution in [0.4, 0.5) is 0 Å². The van der Waals surface area contributed by atoms with Gasteiger partial charge >= 0.3 is 0 Å². The molecule has 4 rings (SSSR count). The third-order valence-electron chi connectivity index (χ3n) is 6.12. The van der Waals surface area contributed by atoms with Gasteiger partial charge in [0.05, 0.1) is 0 Å². The average Bonchev–Trinajstić information content (AvgIpc) is 2.77. The van der Waals surface area contributed by atoms with Crippen molar-refractivity contribution >= 4 is 0 Å². The van der Waals surface area contributed by atoms with Crippen molar-refractivity contribution in [3.05, 3.63) is 119 Å². The van der Waals surface area contributed by atoms with Gasteiger partial charge in [0.1, 0.15) is 11.5 Å². The molecule has 0 fully saturated rings. The zero-order valence-electron chi connectivity index (χ0n) is 17.6. The minimum atomic E-state index is -0.438. The molecule has 0 saturated carbocycles. The van der Waals surface area contributed by atoms with Crippen LogP contribution in [0.5, 0.6) is 11.5 Å². The molecule has 0 aliphatic rings. The summed E-state index contributed by atoms with van der Waals surface area (Å²) in [7, 11) is 0. The fourth-order valence-corrected chi connectivity index (χ4v) is 4.06. The number of hydrogen-bond acceptors (Lipinski definition) is 2. The lowest BCUT2D eigenvalue weighted by atomic mass is 9.70. The van der Waals surface area contributed by atoms with Gasteiger partial charge in [0.25, 0.3) is 0 Å². The Balaban J connectivity index is 1.88. The van der Waals surface area contributed by atoms with E-state index in [1.165, 1.54) is 11.1 Å². The molecule has 0 heterocycles. The standard InChI is InChI=1S/C28H26O2/c1-19-17-24(13-15-26(19)29)28(3,25-14-16-27(30)20(2)18-25)23-11-9-22(10-12-23)21-7-5-4-6-8-21/h4-18,29-30H,1-3H3. The minimum Gasteiger partial charge on any atom is -0.508 e. The fraction of sp³-hybridized carbons (Fsp3) is 0.143. The molecule has 2 nitrogen and oxygen atoms in total. The molecule has 0 radical (unpaired) electrons. The maximum Gasteiger partial charge on any atom is 0.118 e. The van der Waals surface area contributed by atoms with Gasteiger partial charge in [0, 0.05) is 5.41 Å². The van der Waals surface area contributed by atoms with E-state index in [1.54, 1.807) is 12.1 Å². The Bertz CT molecular complexity index is 1120. The molecule has 0 saturated heterocycles. The van der Waals surface area contributed by atoms with Crippen LogP contribution in [0, 0.1) is 13.8 Å². The number of benzene rings is 4. The predicted octanol–water partition coefficient (Wildman–Crippen LogP) is 6.74. The summed E-state index contributed by atoms with van der Waals surface area (Å²) in [5, 5.41) is 20.1.